The minimum absolute atomic E-state index is 0.0993. The zero-order chi connectivity index (χ0) is 13.7. The lowest BCUT2D eigenvalue weighted by Crippen LogP contribution is -2.36. The van der Waals surface area contributed by atoms with Gasteiger partial charge in [0.1, 0.15) is 0 Å². The molecular weight excluding hydrogens is 258 g/mol. The van der Waals surface area contributed by atoms with Crippen LogP contribution in [0.15, 0.2) is 18.2 Å². The smallest absolute Gasteiger partial charge is 0.241 e. The molecule has 0 aliphatic carbocycles. The van der Waals surface area contributed by atoms with Crippen molar-refractivity contribution in [3.8, 4) is 0 Å². The Kier molecular flexibility index (Phi) is 5.10. The van der Waals surface area contributed by atoms with Gasteiger partial charge in [0.05, 0.1) is 6.04 Å². The van der Waals surface area contributed by atoms with E-state index in [0.717, 1.165) is 30.8 Å². The summed E-state index contributed by atoms with van der Waals surface area (Å²) < 4.78 is 0. The summed E-state index contributed by atoms with van der Waals surface area (Å²) in [4.78, 5) is 11.9. The number of rotatable bonds is 5. The fraction of sp³-hybridized carbons (Fsp3) is 0.500. The third-order valence-corrected chi connectivity index (χ3v) is 3.92. The van der Waals surface area contributed by atoms with E-state index in [1.807, 2.05) is 24.5 Å². The number of fused-ring (bicyclic) bond motifs is 1. The molecule has 1 aromatic rings. The number of aryl methyl sites for hydroxylation is 1. The van der Waals surface area contributed by atoms with Gasteiger partial charge >= 0.3 is 0 Å². The molecule has 0 fully saturated rings. The summed E-state index contributed by atoms with van der Waals surface area (Å²) in [5.74, 6) is 0.806. The highest BCUT2D eigenvalue weighted by atomic mass is 32.2. The van der Waals surface area contributed by atoms with Crippen LogP contribution in [0.3, 0.4) is 0 Å². The quantitative estimate of drug-likeness (QED) is 0.772. The summed E-state index contributed by atoms with van der Waals surface area (Å²) in [5.41, 5.74) is 9.13. The van der Waals surface area contributed by atoms with E-state index < -0.39 is 6.04 Å². The van der Waals surface area contributed by atoms with E-state index in [1.54, 1.807) is 11.8 Å². The molecule has 1 aliphatic heterocycles. The highest BCUT2D eigenvalue weighted by Crippen LogP contribution is 2.25. The van der Waals surface area contributed by atoms with Crippen molar-refractivity contribution >= 4 is 29.0 Å². The minimum Gasteiger partial charge on any atom is -0.385 e. The number of nitrogens with one attached hydrogen (secondary N) is 2. The highest BCUT2D eigenvalue weighted by Gasteiger charge is 2.14. The number of hydrogen-bond donors (Lipinski definition) is 3. The summed E-state index contributed by atoms with van der Waals surface area (Å²) in [7, 11) is 0. The maximum Gasteiger partial charge on any atom is 0.241 e. The molecule has 1 aliphatic rings. The van der Waals surface area contributed by atoms with Gasteiger partial charge in [0.2, 0.25) is 5.91 Å². The molecule has 0 aromatic heterocycles. The largest absolute Gasteiger partial charge is 0.385 e. The predicted octanol–water partition coefficient (Wildman–Crippen LogP) is 2.06. The zero-order valence-electron chi connectivity index (χ0n) is 11.2. The van der Waals surface area contributed by atoms with Crippen molar-refractivity contribution < 1.29 is 4.79 Å². The van der Waals surface area contributed by atoms with Crippen LogP contribution in [0.2, 0.25) is 0 Å². The van der Waals surface area contributed by atoms with Gasteiger partial charge in [-0.25, -0.2) is 0 Å². The Labute approximate surface area is 118 Å². The van der Waals surface area contributed by atoms with Gasteiger partial charge in [0.15, 0.2) is 0 Å². The number of benzene rings is 1. The molecular formula is C14H21N3OS. The van der Waals surface area contributed by atoms with E-state index in [-0.39, 0.29) is 5.91 Å². The number of nitrogens with two attached hydrogens (primary N) is 1. The first-order valence-corrected chi connectivity index (χ1v) is 8.02. The Morgan fingerprint density at radius 3 is 3.21 bits per heavy atom. The van der Waals surface area contributed by atoms with Crippen molar-refractivity contribution in [1.82, 2.24) is 0 Å². The molecule has 0 saturated carbocycles. The minimum atomic E-state index is -0.429. The third kappa shape index (κ3) is 3.88. The van der Waals surface area contributed by atoms with Crippen molar-refractivity contribution in [3.05, 3.63) is 23.8 Å². The summed E-state index contributed by atoms with van der Waals surface area (Å²) in [6.45, 7) is 1.03. The van der Waals surface area contributed by atoms with Crippen LogP contribution >= 0.6 is 11.8 Å². The molecule has 4 N–H and O–H groups in total. The topological polar surface area (TPSA) is 67.2 Å². The Balaban J connectivity index is 1.97. The number of carbonyl (C=O) groups excluding carboxylic acids is 1. The number of anilines is 2. The van der Waals surface area contributed by atoms with Gasteiger partial charge < -0.3 is 16.4 Å². The molecule has 1 aromatic carbocycles. The first-order valence-electron chi connectivity index (χ1n) is 6.63. The Bertz CT molecular complexity index is 450. The molecule has 19 heavy (non-hydrogen) atoms. The SMILES string of the molecule is CSCC[C@H](N)C(=O)Nc1ccc2c(c1)CCCN2. The average Bonchev–Trinajstić information content (AvgIpc) is 2.44. The summed E-state index contributed by atoms with van der Waals surface area (Å²) in [6, 6.07) is 5.57. The second kappa shape index (κ2) is 6.82. The van der Waals surface area contributed by atoms with E-state index >= 15 is 0 Å². The molecule has 0 unspecified atom stereocenters. The zero-order valence-corrected chi connectivity index (χ0v) is 12.1. The lowest BCUT2D eigenvalue weighted by molar-refractivity contribution is -0.117. The second-order valence-electron chi connectivity index (χ2n) is 4.78. The van der Waals surface area contributed by atoms with E-state index in [2.05, 4.69) is 10.6 Å². The fourth-order valence-corrected chi connectivity index (χ4v) is 2.65. The number of thioether (sulfide) groups is 1. The molecule has 5 heteroatoms. The lowest BCUT2D eigenvalue weighted by Gasteiger charge is -2.19. The van der Waals surface area contributed by atoms with E-state index in [9.17, 15) is 4.79 Å². The predicted molar refractivity (Wildman–Crippen MR) is 82.9 cm³/mol. The van der Waals surface area contributed by atoms with Gasteiger partial charge in [-0.05, 0) is 55.0 Å². The van der Waals surface area contributed by atoms with Crippen LogP contribution in [0, 0.1) is 0 Å². The fourth-order valence-electron chi connectivity index (χ4n) is 2.16. The van der Waals surface area contributed by atoms with Gasteiger partial charge in [0, 0.05) is 17.9 Å². The first kappa shape index (κ1) is 14.2. The molecule has 4 nitrogen and oxygen atoms in total. The number of amides is 1. The first-order chi connectivity index (χ1) is 9.20. The maximum absolute atomic E-state index is 11.9. The lowest BCUT2D eigenvalue weighted by atomic mass is 10.0. The van der Waals surface area contributed by atoms with Crippen molar-refractivity contribution in [2.24, 2.45) is 5.73 Å². The van der Waals surface area contributed by atoms with Crippen LogP contribution in [0.5, 0.6) is 0 Å². The highest BCUT2D eigenvalue weighted by molar-refractivity contribution is 7.98. The van der Waals surface area contributed by atoms with Crippen LogP contribution in [-0.2, 0) is 11.2 Å². The van der Waals surface area contributed by atoms with Gasteiger partial charge in [-0.3, -0.25) is 4.79 Å². The Morgan fingerprint density at radius 1 is 1.58 bits per heavy atom. The van der Waals surface area contributed by atoms with Crippen molar-refractivity contribution in [2.75, 3.05) is 29.2 Å². The monoisotopic (exact) mass is 279 g/mol. The van der Waals surface area contributed by atoms with E-state index in [0.29, 0.717) is 6.42 Å². The number of carbonyl (C=O) groups is 1. The van der Waals surface area contributed by atoms with Gasteiger partial charge in [-0.1, -0.05) is 0 Å². The van der Waals surface area contributed by atoms with E-state index in [1.165, 1.54) is 11.3 Å². The third-order valence-electron chi connectivity index (χ3n) is 3.28. The standard InChI is InChI=1S/C14H21N3OS/c1-19-8-6-12(15)14(18)17-11-4-5-13-10(9-11)3-2-7-16-13/h4-5,9,12,16H,2-3,6-8,15H2,1H3,(H,17,18)/t12-/m0/s1. The maximum atomic E-state index is 11.9. The van der Waals surface area contributed by atoms with Gasteiger partial charge in [0.25, 0.3) is 0 Å². The molecule has 0 bridgehead atoms. The molecule has 0 saturated heterocycles. The molecule has 0 spiro atoms. The van der Waals surface area contributed by atoms with Crippen LogP contribution in [0.25, 0.3) is 0 Å². The summed E-state index contributed by atoms with van der Waals surface area (Å²) in [6.07, 6.45) is 4.92. The van der Waals surface area contributed by atoms with Crippen molar-refractivity contribution in [1.29, 1.82) is 0 Å². The van der Waals surface area contributed by atoms with Crippen LogP contribution in [-0.4, -0.2) is 30.5 Å². The van der Waals surface area contributed by atoms with Crippen molar-refractivity contribution in [3.63, 3.8) is 0 Å². The summed E-state index contributed by atoms with van der Waals surface area (Å²) >= 11 is 1.70. The molecule has 1 atom stereocenters. The molecule has 2 rings (SSSR count). The van der Waals surface area contributed by atoms with E-state index in [4.69, 9.17) is 5.73 Å². The Hall–Kier alpha value is -1.20. The van der Waals surface area contributed by atoms with Crippen LogP contribution in [0.1, 0.15) is 18.4 Å². The van der Waals surface area contributed by atoms with Gasteiger partial charge in [-0.2, -0.15) is 11.8 Å². The summed E-state index contributed by atoms with van der Waals surface area (Å²) in [5, 5.41) is 6.25. The molecule has 1 heterocycles. The molecule has 1 amide bonds. The second-order valence-corrected chi connectivity index (χ2v) is 5.77. The number of hydrogen-bond acceptors (Lipinski definition) is 4. The average molecular weight is 279 g/mol. The van der Waals surface area contributed by atoms with Gasteiger partial charge in [-0.15, -0.1) is 0 Å². The van der Waals surface area contributed by atoms with Crippen LogP contribution < -0.4 is 16.4 Å². The van der Waals surface area contributed by atoms with Crippen molar-refractivity contribution in [2.45, 2.75) is 25.3 Å². The van der Waals surface area contributed by atoms with Crippen LogP contribution in [0.4, 0.5) is 11.4 Å². The normalized spacial score (nSPS) is 15.3. The Morgan fingerprint density at radius 2 is 2.42 bits per heavy atom. The molecule has 104 valence electrons. The molecule has 0 radical (unpaired) electrons.